The van der Waals surface area contributed by atoms with E-state index in [1.54, 1.807) is 47.4 Å². The van der Waals surface area contributed by atoms with Gasteiger partial charge in [0.25, 0.3) is 0 Å². The fourth-order valence-electron chi connectivity index (χ4n) is 2.85. The van der Waals surface area contributed by atoms with Crippen LogP contribution in [0.4, 0.5) is 5.69 Å². The number of ether oxygens (including phenoxy) is 1. The van der Waals surface area contributed by atoms with Gasteiger partial charge in [-0.1, -0.05) is 29.3 Å². The Hall–Kier alpha value is -2.37. The largest absolute Gasteiger partial charge is 0.457 e. The zero-order valence-corrected chi connectivity index (χ0v) is 15.9. The smallest absolute Gasteiger partial charge is 0.310 e. The van der Waals surface area contributed by atoms with E-state index < -0.39 is 5.97 Å². The van der Waals surface area contributed by atoms with Crippen LogP contribution < -0.4 is 4.90 Å². The van der Waals surface area contributed by atoms with Gasteiger partial charge in [0.2, 0.25) is 5.91 Å². The van der Waals surface area contributed by atoms with Crippen LogP contribution in [0, 0.1) is 0 Å². The van der Waals surface area contributed by atoms with Crippen molar-refractivity contribution >= 4 is 46.5 Å². The van der Waals surface area contributed by atoms with Gasteiger partial charge in [-0.3, -0.25) is 14.4 Å². The Kier molecular flexibility index (Phi) is 6.14. The van der Waals surface area contributed by atoms with Crippen LogP contribution >= 0.6 is 23.2 Å². The first kappa shape index (κ1) is 19.4. The summed E-state index contributed by atoms with van der Waals surface area (Å²) in [5.74, 6) is -0.777. The number of Topliss-reactive ketones (excluding diaryl/α,β-unsaturated/α-hetero) is 1. The summed E-state index contributed by atoms with van der Waals surface area (Å²) in [7, 11) is 0. The Morgan fingerprint density at radius 1 is 1.07 bits per heavy atom. The monoisotopic (exact) mass is 405 g/mol. The lowest BCUT2D eigenvalue weighted by molar-refractivity contribution is -0.141. The summed E-state index contributed by atoms with van der Waals surface area (Å²) in [5.41, 5.74) is 1.77. The summed E-state index contributed by atoms with van der Waals surface area (Å²) < 4.78 is 5.05. The number of halogens is 2. The van der Waals surface area contributed by atoms with E-state index in [1.165, 1.54) is 0 Å². The molecular formula is C20H17Cl2NO4. The second-order valence-corrected chi connectivity index (χ2v) is 7.04. The molecule has 1 aliphatic rings. The van der Waals surface area contributed by atoms with Crippen LogP contribution in [0.3, 0.4) is 0 Å². The summed E-state index contributed by atoms with van der Waals surface area (Å²) >= 11 is 11.8. The number of ketones is 1. The lowest BCUT2D eigenvalue weighted by Crippen LogP contribution is -2.23. The fraction of sp³-hybridized carbons (Fsp3) is 0.250. The van der Waals surface area contributed by atoms with Gasteiger partial charge in [-0.2, -0.15) is 0 Å². The highest BCUT2D eigenvalue weighted by molar-refractivity contribution is 6.35. The van der Waals surface area contributed by atoms with Crippen molar-refractivity contribution in [3.63, 3.8) is 0 Å². The Morgan fingerprint density at radius 3 is 2.44 bits per heavy atom. The van der Waals surface area contributed by atoms with E-state index in [4.69, 9.17) is 27.9 Å². The molecule has 0 spiro atoms. The topological polar surface area (TPSA) is 63.7 Å². The molecule has 3 rings (SSSR count). The number of amides is 1. The van der Waals surface area contributed by atoms with Gasteiger partial charge in [0.15, 0.2) is 12.4 Å². The van der Waals surface area contributed by atoms with Crippen LogP contribution in [-0.2, 0) is 20.7 Å². The molecule has 1 saturated heterocycles. The summed E-state index contributed by atoms with van der Waals surface area (Å²) in [4.78, 5) is 37.6. The molecule has 7 heteroatoms. The highest BCUT2D eigenvalue weighted by Gasteiger charge is 2.21. The van der Waals surface area contributed by atoms with E-state index in [-0.39, 0.29) is 24.7 Å². The number of rotatable bonds is 6. The third-order valence-electron chi connectivity index (χ3n) is 4.29. The summed E-state index contributed by atoms with van der Waals surface area (Å²) in [5, 5.41) is 0.851. The van der Waals surface area contributed by atoms with Crippen LogP contribution in [0.15, 0.2) is 42.5 Å². The third-order valence-corrected chi connectivity index (χ3v) is 4.88. The van der Waals surface area contributed by atoms with E-state index in [9.17, 15) is 14.4 Å². The lowest BCUT2D eigenvalue weighted by atomic mass is 10.1. The molecule has 0 aromatic heterocycles. The zero-order chi connectivity index (χ0) is 19.4. The molecule has 1 heterocycles. The highest BCUT2D eigenvalue weighted by Crippen LogP contribution is 2.23. The van der Waals surface area contributed by atoms with Crippen molar-refractivity contribution in [1.29, 1.82) is 0 Å². The number of anilines is 1. The minimum Gasteiger partial charge on any atom is -0.457 e. The fourth-order valence-corrected chi connectivity index (χ4v) is 3.32. The van der Waals surface area contributed by atoms with Crippen molar-refractivity contribution in [3.05, 3.63) is 63.6 Å². The van der Waals surface area contributed by atoms with Crippen molar-refractivity contribution in [1.82, 2.24) is 0 Å². The SMILES string of the molecule is O=C(Cc1ccc(Cl)cc1Cl)OCC(=O)c1ccc(N2CCCC2=O)cc1. The Balaban J connectivity index is 1.54. The molecule has 0 saturated carbocycles. The number of esters is 1. The molecule has 0 N–H and O–H groups in total. The maximum atomic E-state index is 12.2. The Labute approximate surface area is 166 Å². The van der Waals surface area contributed by atoms with E-state index in [1.807, 2.05) is 0 Å². The minimum absolute atomic E-state index is 0.0424. The number of hydrogen-bond donors (Lipinski definition) is 0. The average molecular weight is 406 g/mol. The van der Waals surface area contributed by atoms with Gasteiger partial charge in [-0.15, -0.1) is 0 Å². The Bertz CT molecular complexity index is 880. The van der Waals surface area contributed by atoms with Gasteiger partial charge < -0.3 is 9.64 Å². The van der Waals surface area contributed by atoms with Crippen LogP contribution in [-0.4, -0.2) is 30.8 Å². The van der Waals surface area contributed by atoms with Crippen molar-refractivity contribution < 1.29 is 19.1 Å². The predicted molar refractivity (Wildman–Crippen MR) is 103 cm³/mol. The highest BCUT2D eigenvalue weighted by atomic mass is 35.5. The number of hydrogen-bond acceptors (Lipinski definition) is 4. The number of benzene rings is 2. The second-order valence-electron chi connectivity index (χ2n) is 6.19. The molecule has 1 amide bonds. The maximum Gasteiger partial charge on any atom is 0.310 e. The van der Waals surface area contributed by atoms with Crippen LogP contribution in [0.2, 0.25) is 10.0 Å². The van der Waals surface area contributed by atoms with Gasteiger partial charge in [-0.25, -0.2) is 0 Å². The standard InChI is InChI=1S/C20H17Cl2NO4/c21-15-6-3-14(17(22)11-15)10-20(26)27-12-18(24)13-4-7-16(8-5-13)23-9-1-2-19(23)25/h3-8,11H,1-2,9-10,12H2. The van der Waals surface area contributed by atoms with Crippen LogP contribution in [0.25, 0.3) is 0 Å². The molecule has 1 fully saturated rings. The quantitative estimate of drug-likeness (QED) is 0.536. The van der Waals surface area contributed by atoms with Gasteiger partial charge in [-0.05, 0) is 48.4 Å². The molecule has 27 heavy (non-hydrogen) atoms. The molecule has 0 aliphatic carbocycles. The molecule has 5 nitrogen and oxygen atoms in total. The van der Waals surface area contributed by atoms with Crippen LogP contribution in [0.1, 0.15) is 28.8 Å². The predicted octanol–water partition coefficient (Wildman–Crippen LogP) is 4.09. The van der Waals surface area contributed by atoms with Crippen molar-refractivity contribution in [2.45, 2.75) is 19.3 Å². The van der Waals surface area contributed by atoms with Gasteiger partial charge in [0.05, 0.1) is 6.42 Å². The molecular weight excluding hydrogens is 389 g/mol. The van der Waals surface area contributed by atoms with E-state index in [2.05, 4.69) is 0 Å². The Morgan fingerprint density at radius 2 is 1.81 bits per heavy atom. The summed E-state index contributed by atoms with van der Waals surface area (Å²) in [6, 6.07) is 11.5. The third kappa shape index (κ3) is 4.87. The minimum atomic E-state index is -0.549. The maximum absolute atomic E-state index is 12.2. The van der Waals surface area contributed by atoms with Crippen molar-refractivity contribution in [3.8, 4) is 0 Å². The molecule has 1 aliphatic heterocycles. The van der Waals surface area contributed by atoms with E-state index in [0.717, 1.165) is 12.1 Å². The lowest BCUT2D eigenvalue weighted by Gasteiger charge is -2.15. The zero-order valence-electron chi connectivity index (χ0n) is 14.4. The van der Waals surface area contributed by atoms with Crippen molar-refractivity contribution in [2.24, 2.45) is 0 Å². The first-order valence-electron chi connectivity index (χ1n) is 8.47. The molecule has 140 valence electrons. The van der Waals surface area contributed by atoms with Gasteiger partial charge in [0, 0.05) is 34.3 Å². The normalized spacial score (nSPS) is 13.7. The van der Waals surface area contributed by atoms with Gasteiger partial charge in [0.1, 0.15) is 0 Å². The molecule has 2 aromatic rings. The molecule has 2 aromatic carbocycles. The number of carbonyl (C=O) groups is 3. The summed E-state index contributed by atoms with van der Waals surface area (Å²) in [6.07, 6.45) is 1.35. The number of carbonyl (C=O) groups excluding carboxylic acids is 3. The molecule has 0 unspecified atom stereocenters. The van der Waals surface area contributed by atoms with Gasteiger partial charge >= 0.3 is 5.97 Å². The molecule has 0 atom stereocenters. The molecule has 0 bridgehead atoms. The van der Waals surface area contributed by atoms with E-state index in [0.29, 0.717) is 34.1 Å². The second kappa shape index (κ2) is 8.55. The average Bonchev–Trinajstić information content (AvgIpc) is 3.08. The molecule has 0 radical (unpaired) electrons. The first-order valence-corrected chi connectivity index (χ1v) is 9.23. The van der Waals surface area contributed by atoms with E-state index >= 15 is 0 Å². The number of nitrogens with zero attached hydrogens (tertiary/aromatic N) is 1. The first-order chi connectivity index (χ1) is 12.9. The van der Waals surface area contributed by atoms with Crippen LogP contribution in [0.5, 0.6) is 0 Å². The van der Waals surface area contributed by atoms with Crippen molar-refractivity contribution in [2.75, 3.05) is 18.1 Å². The summed E-state index contributed by atoms with van der Waals surface area (Å²) in [6.45, 7) is 0.336.